The van der Waals surface area contributed by atoms with E-state index in [1.54, 1.807) is 0 Å². The Labute approximate surface area is 151 Å². The van der Waals surface area contributed by atoms with Crippen LogP contribution < -0.4 is 0 Å². The van der Waals surface area contributed by atoms with E-state index in [-0.39, 0.29) is 0 Å². The van der Waals surface area contributed by atoms with Crippen LogP contribution in [-0.4, -0.2) is 11.9 Å². The molecule has 0 fully saturated rings. The number of unbranched alkanes of at least 4 members (excludes halogenated alkanes) is 8. The highest BCUT2D eigenvalue weighted by Gasteiger charge is 2.26. The average molecular weight is 345 g/mol. The molecule has 0 saturated heterocycles. The van der Waals surface area contributed by atoms with Crippen LogP contribution in [0.1, 0.15) is 124 Å². The van der Waals surface area contributed by atoms with Crippen molar-refractivity contribution in [2.45, 2.75) is 124 Å². The Morgan fingerprint density at radius 1 is 0.583 bits per heavy atom. The molecule has 0 aliphatic rings. The van der Waals surface area contributed by atoms with E-state index in [0.29, 0.717) is 12.0 Å². The van der Waals surface area contributed by atoms with Crippen LogP contribution in [0.25, 0.3) is 0 Å². The van der Waals surface area contributed by atoms with Crippen molar-refractivity contribution >= 4 is 0 Å². The SMILES string of the molecule is CCCC(CCC)(CCC)CCCCCCCCCCCOOO. The maximum Gasteiger partial charge on any atom is 0.0853 e. The predicted octanol–water partition coefficient (Wildman–Crippen LogP) is 7.70. The van der Waals surface area contributed by atoms with Gasteiger partial charge in [-0.25, -0.2) is 10.1 Å². The van der Waals surface area contributed by atoms with Crippen LogP contribution in [-0.2, 0) is 9.93 Å². The van der Waals surface area contributed by atoms with Gasteiger partial charge in [-0.05, 0) is 37.5 Å². The number of rotatable bonds is 19. The van der Waals surface area contributed by atoms with E-state index in [2.05, 4.69) is 30.7 Å². The monoisotopic (exact) mass is 344 g/mol. The van der Waals surface area contributed by atoms with Gasteiger partial charge in [-0.3, -0.25) is 0 Å². The summed E-state index contributed by atoms with van der Waals surface area (Å²) in [5.74, 6) is 0. The minimum atomic E-state index is 0.492. The summed E-state index contributed by atoms with van der Waals surface area (Å²) in [6, 6.07) is 0. The molecule has 0 bridgehead atoms. The van der Waals surface area contributed by atoms with Crippen molar-refractivity contribution in [1.29, 1.82) is 0 Å². The molecule has 3 heteroatoms. The molecule has 0 atom stereocenters. The second-order valence-corrected chi connectivity index (χ2v) is 7.58. The predicted molar refractivity (Wildman–Crippen MR) is 103 cm³/mol. The first-order chi connectivity index (χ1) is 11.7. The average Bonchev–Trinajstić information content (AvgIpc) is 2.56. The van der Waals surface area contributed by atoms with Crippen LogP contribution in [0.15, 0.2) is 0 Å². The molecule has 0 rings (SSSR count). The highest BCUT2D eigenvalue weighted by atomic mass is 17.5. The Bertz CT molecular complexity index is 226. The van der Waals surface area contributed by atoms with E-state index >= 15 is 0 Å². The highest BCUT2D eigenvalue weighted by Crippen LogP contribution is 2.40. The lowest BCUT2D eigenvalue weighted by Crippen LogP contribution is -2.20. The number of hydrogen-bond acceptors (Lipinski definition) is 3. The third-order valence-corrected chi connectivity index (χ3v) is 5.33. The Morgan fingerprint density at radius 2 is 1.00 bits per heavy atom. The van der Waals surface area contributed by atoms with Crippen molar-refractivity contribution in [3.8, 4) is 0 Å². The molecule has 1 N–H and O–H groups in total. The van der Waals surface area contributed by atoms with Gasteiger partial charge < -0.3 is 0 Å². The zero-order valence-electron chi connectivity index (χ0n) is 16.8. The van der Waals surface area contributed by atoms with Gasteiger partial charge in [0, 0.05) is 0 Å². The summed E-state index contributed by atoms with van der Waals surface area (Å²) in [4.78, 5) is 4.44. The molecule has 0 spiro atoms. The van der Waals surface area contributed by atoms with Gasteiger partial charge in [0.1, 0.15) is 0 Å². The fraction of sp³-hybridized carbons (Fsp3) is 1.00. The fourth-order valence-corrected chi connectivity index (χ4v) is 4.28. The largest absolute Gasteiger partial charge is 0.221 e. The first-order valence-electron chi connectivity index (χ1n) is 10.7. The summed E-state index contributed by atoms with van der Waals surface area (Å²) in [7, 11) is 0. The minimum absolute atomic E-state index is 0.492. The van der Waals surface area contributed by atoms with E-state index in [0.717, 1.165) is 12.8 Å². The van der Waals surface area contributed by atoms with Crippen molar-refractivity contribution < 1.29 is 15.2 Å². The van der Waals surface area contributed by atoms with Crippen LogP contribution in [0.2, 0.25) is 0 Å². The lowest BCUT2D eigenvalue weighted by atomic mass is 9.72. The molecule has 0 unspecified atom stereocenters. The molecule has 0 aromatic heterocycles. The zero-order valence-corrected chi connectivity index (χ0v) is 16.8. The summed E-state index contributed by atoms with van der Waals surface area (Å²) >= 11 is 0. The molecule has 0 aliphatic heterocycles. The first-order valence-corrected chi connectivity index (χ1v) is 10.7. The van der Waals surface area contributed by atoms with Crippen molar-refractivity contribution in [2.24, 2.45) is 5.41 Å². The molecule has 0 aromatic carbocycles. The van der Waals surface area contributed by atoms with Gasteiger partial charge in [-0.2, -0.15) is 0 Å². The third-order valence-electron chi connectivity index (χ3n) is 5.33. The van der Waals surface area contributed by atoms with Crippen molar-refractivity contribution in [2.75, 3.05) is 6.61 Å². The van der Waals surface area contributed by atoms with Crippen LogP contribution in [0.3, 0.4) is 0 Å². The third kappa shape index (κ3) is 13.2. The van der Waals surface area contributed by atoms with Gasteiger partial charge in [0.15, 0.2) is 0 Å². The molecule has 0 aliphatic carbocycles. The van der Waals surface area contributed by atoms with E-state index in [4.69, 9.17) is 5.26 Å². The number of hydrogen-bond donors (Lipinski definition) is 1. The minimum Gasteiger partial charge on any atom is -0.221 e. The van der Waals surface area contributed by atoms with E-state index in [1.165, 1.54) is 89.9 Å². The van der Waals surface area contributed by atoms with Crippen LogP contribution in [0.5, 0.6) is 0 Å². The van der Waals surface area contributed by atoms with Gasteiger partial charge in [-0.15, -0.1) is 0 Å². The Morgan fingerprint density at radius 3 is 1.42 bits per heavy atom. The molecule has 0 heterocycles. The molecule has 0 amide bonds. The fourth-order valence-electron chi connectivity index (χ4n) is 4.28. The van der Waals surface area contributed by atoms with Crippen molar-refractivity contribution in [3.05, 3.63) is 0 Å². The van der Waals surface area contributed by atoms with Crippen molar-refractivity contribution in [3.63, 3.8) is 0 Å². The molecular weight excluding hydrogens is 300 g/mol. The van der Waals surface area contributed by atoms with E-state index < -0.39 is 0 Å². The lowest BCUT2D eigenvalue weighted by Gasteiger charge is -2.34. The molecule has 0 aromatic rings. The zero-order chi connectivity index (χ0) is 17.9. The van der Waals surface area contributed by atoms with E-state index in [1.807, 2.05) is 0 Å². The van der Waals surface area contributed by atoms with Gasteiger partial charge >= 0.3 is 0 Å². The molecule has 0 radical (unpaired) electrons. The summed E-state index contributed by atoms with van der Waals surface area (Å²) in [6.45, 7) is 7.54. The lowest BCUT2D eigenvalue weighted by molar-refractivity contribution is -0.490. The smallest absolute Gasteiger partial charge is 0.0853 e. The quantitative estimate of drug-likeness (QED) is 0.148. The van der Waals surface area contributed by atoms with Crippen LogP contribution in [0.4, 0.5) is 0 Å². The summed E-state index contributed by atoms with van der Waals surface area (Å²) in [5.41, 5.74) is 0.651. The molecule has 146 valence electrons. The standard InChI is InChI=1S/C21H44O3/c1-4-16-21(17-5-2,18-6-3)19-14-12-10-8-7-9-11-13-15-20-23-24-22/h22H,4-20H2,1-3H3. The normalized spacial score (nSPS) is 12.0. The molecular formula is C21H44O3. The molecule has 3 nitrogen and oxygen atoms in total. The second-order valence-electron chi connectivity index (χ2n) is 7.58. The van der Waals surface area contributed by atoms with E-state index in [9.17, 15) is 0 Å². The highest BCUT2D eigenvalue weighted by molar-refractivity contribution is 4.78. The molecule has 24 heavy (non-hydrogen) atoms. The second kappa shape index (κ2) is 17.7. The van der Waals surface area contributed by atoms with Crippen LogP contribution in [0, 0.1) is 5.41 Å². The summed E-state index contributed by atoms with van der Waals surface area (Å²) in [6.07, 6.45) is 21.5. The topological polar surface area (TPSA) is 38.7 Å². The van der Waals surface area contributed by atoms with Crippen LogP contribution >= 0.6 is 0 Å². The van der Waals surface area contributed by atoms with Gasteiger partial charge in [-0.1, -0.05) is 96.4 Å². The van der Waals surface area contributed by atoms with Gasteiger partial charge in [0.2, 0.25) is 0 Å². The van der Waals surface area contributed by atoms with Crippen molar-refractivity contribution in [1.82, 2.24) is 0 Å². The Balaban J connectivity index is 3.60. The maximum atomic E-state index is 8.03. The Kier molecular flexibility index (Phi) is 17.6. The summed E-state index contributed by atoms with van der Waals surface area (Å²) < 4.78 is 0. The maximum absolute atomic E-state index is 8.03. The van der Waals surface area contributed by atoms with Gasteiger partial charge in [0.25, 0.3) is 0 Å². The van der Waals surface area contributed by atoms with Gasteiger partial charge in [0.05, 0.1) is 6.61 Å². The molecule has 0 saturated carbocycles. The summed E-state index contributed by atoms with van der Waals surface area (Å²) in [5, 5.41) is 11.6. The Hall–Kier alpha value is -0.120. The first kappa shape index (κ1) is 23.9.